The predicted molar refractivity (Wildman–Crippen MR) is 98.9 cm³/mol. The lowest BCUT2D eigenvalue weighted by Crippen LogP contribution is -2.57. The van der Waals surface area contributed by atoms with E-state index >= 15 is 0 Å². The van der Waals surface area contributed by atoms with Gasteiger partial charge in [-0.25, -0.2) is 4.39 Å². The molecular weight excluding hydrogens is 349 g/mol. The normalized spacial score (nSPS) is 25.2. The number of hydrogen-bond acceptors (Lipinski definition) is 3. The number of likely N-dealkylation sites (tertiary alicyclic amines) is 1. The number of hydrogen-bond donors (Lipinski definition) is 1. The number of ether oxygens (including phenoxy) is 1. The van der Waals surface area contributed by atoms with Crippen LogP contribution in [0.25, 0.3) is 0 Å². The fourth-order valence-electron chi connectivity index (χ4n) is 4.81. The van der Waals surface area contributed by atoms with Crippen LogP contribution in [0, 0.1) is 11.2 Å². The Labute approximate surface area is 159 Å². The van der Waals surface area contributed by atoms with Crippen molar-refractivity contribution in [2.75, 3.05) is 26.8 Å². The molecule has 1 N–H and O–H groups in total. The molecule has 27 heavy (non-hydrogen) atoms. The summed E-state index contributed by atoms with van der Waals surface area (Å²) >= 11 is 0. The molecule has 0 radical (unpaired) electrons. The maximum Gasteiger partial charge on any atom is 0.313 e. The zero-order chi connectivity index (χ0) is 19.5. The molecule has 6 heteroatoms. The standard InChI is InChI=1S/C21H28FNO4/c1-27-15-20(19(25)26)9-6-12-23(14-20)18(24)21(10-3-2-4-11-21)16-7-5-8-17(22)13-16/h5,7-8,13H,2-4,6,9-12,14-15H2,1H3,(H,25,26). The molecule has 1 heterocycles. The number of benzene rings is 1. The van der Waals surface area contributed by atoms with Crippen LogP contribution < -0.4 is 0 Å². The van der Waals surface area contributed by atoms with Gasteiger partial charge in [-0.2, -0.15) is 0 Å². The quantitative estimate of drug-likeness (QED) is 0.854. The average molecular weight is 377 g/mol. The predicted octanol–water partition coefficient (Wildman–Crippen LogP) is 3.37. The topological polar surface area (TPSA) is 66.8 Å². The van der Waals surface area contributed by atoms with Gasteiger partial charge in [0.1, 0.15) is 11.2 Å². The summed E-state index contributed by atoms with van der Waals surface area (Å²) in [5.41, 5.74) is -1.11. The van der Waals surface area contributed by atoms with Gasteiger partial charge in [-0.1, -0.05) is 31.4 Å². The first-order chi connectivity index (χ1) is 12.9. The molecule has 1 aromatic rings. The van der Waals surface area contributed by atoms with Gasteiger partial charge in [0.25, 0.3) is 0 Å². The summed E-state index contributed by atoms with van der Waals surface area (Å²) in [5.74, 6) is -1.33. The van der Waals surface area contributed by atoms with Gasteiger partial charge in [-0.3, -0.25) is 9.59 Å². The summed E-state index contributed by atoms with van der Waals surface area (Å²) in [6, 6.07) is 6.33. The third-order valence-corrected chi connectivity index (χ3v) is 6.23. The molecule has 1 aromatic carbocycles. The number of carbonyl (C=O) groups excluding carboxylic acids is 1. The molecule has 1 aliphatic carbocycles. The van der Waals surface area contributed by atoms with Crippen molar-refractivity contribution >= 4 is 11.9 Å². The van der Waals surface area contributed by atoms with E-state index in [2.05, 4.69) is 0 Å². The van der Waals surface area contributed by atoms with E-state index in [9.17, 15) is 19.1 Å². The van der Waals surface area contributed by atoms with Gasteiger partial charge in [0.15, 0.2) is 0 Å². The molecule has 1 saturated heterocycles. The molecule has 148 valence electrons. The Morgan fingerprint density at radius 1 is 1.19 bits per heavy atom. The number of rotatable bonds is 5. The van der Waals surface area contributed by atoms with Crippen LogP contribution in [0.1, 0.15) is 50.5 Å². The number of carboxylic acids is 1. The zero-order valence-corrected chi connectivity index (χ0v) is 15.9. The van der Waals surface area contributed by atoms with E-state index in [4.69, 9.17) is 4.74 Å². The lowest BCUT2D eigenvalue weighted by atomic mass is 9.67. The van der Waals surface area contributed by atoms with Gasteiger partial charge in [-0.15, -0.1) is 0 Å². The minimum absolute atomic E-state index is 0.0609. The molecule has 1 saturated carbocycles. The van der Waals surface area contributed by atoms with Crippen molar-refractivity contribution in [3.05, 3.63) is 35.6 Å². The summed E-state index contributed by atoms with van der Waals surface area (Å²) in [5, 5.41) is 9.78. The minimum Gasteiger partial charge on any atom is -0.481 e. The molecule has 3 rings (SSSR count). The van der Waals surface area contributed by atoms with Crippen molar-refractivity contribution < 1.29 is 23.8 Å². The highest BCUT2D eigenvalue weighted by Crippen LogP contribution is 2.43. The first kappa shape index (κ1) is 19.8. The van der Waals surface area contributed by atoms with Gasteiger partial charge in [0, 0.05) is 20.2 Å². The highest BCUT2D eigenvalue weighted by molar-refractivity contribution is 5.89. The third-order valence-electron chi connectivity index (χ3n) is 6.23. The number of nitrogens with zero attached hydrogens (tertiary/aromatic N) is 1. The van der Waals surface area contributed by atoms with E-state index in [1.54, 1.807) is 11.0 Å². The summed E-state index contributed by atoms with van der Waals surface area (Å²) in [6.07, 6.45) is 5.36. The van der Waals surface area contributed by atoms with Gasteiger partial charge in [0.2, 0.25) is 5.91 Å². The highest BCUT2D eigenvalue weighted by atomic mass is 19.1. The van der Waals surface area contributed by atoms with Crippen LogP contribution >= 0.6 is 0 Å². The van der Waals surface area contributed by atoms with E-state index in [-0.39, 0.29) is 24.9 Å². The molecule has 1 aliphatic heterocycles. The van der Waals surface area contributed by atoms with Gasteiger partial charge in [0.05, 0.1) is 12.0 Å². The fourth-order valence-corrected chi connectivity index (χ4v) is 4.81. The molecule has 1 amide bonds. The van der Waals surface area contributed by atoms with Crippen LogP contribution in [0.4, 0.5) is 4.39 Å². The van der Waals surface area contributed by atoms with Crippen LogP contribution in [0.15, 0.2) is 24.3 Å². The maximum absolute atomic E-state index is 13.9. The smallest absolute Gasteiger partial charge is 0.313 e. The van der Waals surface area contributed by atoms with Crippen LogP contribution in [-0.4, -0.2) is 48.7 Å². The molecule has 1 unspecified atom stereocenters. The Bertz CT molecular complexity index is 697. The number of piperidine rings is 1. The molecule has 0 aromatic heterocycles. The Hall–Kier alpha value is -1.95. The van der Waals surface area contributed by atoms with Crippen LogP contribution in [0.3, 0.4) is 0 Å². The number of carboxylic acid groups (broad SMARTS) is 1. The first-order valence-electron chi connectivity index (χ1n) is 9.71. The number of halogens is 1. The molecule has 0 spiro atoms. The number of carbonyl (C=O) groups is 2. The van der Waals surface area contributed by atoms with Gasteiger partial charge in [-0.05, 0) is 43.4 Å². The van der Waals surface area contributed by atoms with Gasteiger partial charge >= 0.3 is 5.97 Å². The van der Waals surface area contributed by atoms with E-state index in [0.29, 0.717) is 37.8 Å². The van der Waals surface area contributed by atoms with Crippen LogP contribution in [-0.2, 0) is 19.7 Å². The lowest BCUT2D eigenvalue weighted by molar-refractivity contribution is -0.160. The summed E-state index contributed by atoms with van der Waals surface area (Å²) in [4.78, 5) is 27.3. The molecule has 2 fully saturated rings. The minimum atomic E-state index is -1.07. The maximum atomic E-state index is 13.9. The summed E-state index contributed by atoms with van der Waals surface area (Å²) < 4.78 is 19.1. The van der Waals surface area contributed by atoms with Crippen molar-refractivity contribution in [2.24, 2.45) is 5.41 Å². The second kappa shape index (κ2) is 7.97. The molecule has 1 atom stereocenters. The molecule has 0 bridgehead atoms. The number of methoxy groups -OCH3 is 1. The second-order valence-electron chi connectivity index (χ2n) is 8.00. The van der Waals surface area contributed by atoms with Crippen LogP contribution in [0.5, 0.6) is 0 Å². The zero-order valence-electron chi connectivity index (χ0n) is 15.9. The molecule has 5 nitrogen and oxygen atoms in total. The Morgan fingerprint density at radius 2 is 1.93 bits per heavy atom. The number of aliphatic carboxylic acids is 1. The van der Waals surface area contributed by atoms with Gasteiger partial charge < -0.3 is 14.7 Å². The highest BCUT2D eigenvalue weighted by Gasteiger charge is 2.49. The molecular formula is C21H28FNO4. The van der Waals surface area contributed by atoms with Crippen molar-refractivity contribution in [2.45, 2.75) is 50.4 Å². The molecule has 2 aliphatic rings. The Morgan fingerprint density at radius 3 is 2.56 bits per heavy atom. The van der Waals surface area contributed by atoms with E-state index in [1.165, 1.54) is 19.2 Å². The average Bonchev–Trinajstić information content (AvgIpc) is 2.68. The van der Waals surface area contributed by atoms with E-state index < -0.39 is 16.8 Å². The van der Waals surface area contributed by atoms with Crippen molar-refractivity contribution in [1.82, 2.24) is 4.90 Å². The van der Waals surface area contributed by atoms with Crippen molar-refractivity contribution in [3.63, 3.8) is 0 Å². The van der Waals surface area contributed by atoms with E-state index in [1.807, 2.05) is 6.07 Å². The number of amides is 1. The monoisotopic (exact) mass is 377 g/mol. The summed E-state index contributed by atoms with van der Waals surface area (Å²) in [7, 11) is 1.49. The Kier molecular flexibility index (Phi) is 5.84. The SMILES string of the molecule is COCC1(C(=O)O)CCCN(C(=O)C2(c3cccc(F)c3)CCCCC2)C1. The van der Waals surface area contributed by atoms with Crippen molar-refractivity contribution in [1.29, 1.82) is 0 Å². The fraction of sp³-hybridized carbons (Fsp3) is 0.619. The van der Waals surface area contributed by atoms with E-state index in [0.717, 1.165) is 19.3 Å². The van der Waals surface area contributed by atoms with Crippen LogP contribution in [0.2, 0.25) is 0 Å². The largest absolute Gasteiger partial charge is 0.481 e. The summed E-state index contributed by atoms with van der Waals surface area (Å²) in [6.45, 7) is 0.764. The lowest BCUT2D eigenvalue weighted by Gasteiger charge is -2.45. The second-order valence-corrected chi connectivity index (χ2v) is 8.00. The third kappa shape index (κ3) is 3.72. The first-order valence-corrected chi connectivity index (χ1v) is 9.71. The Balaban J connectivity index is 1.93. The van der Waals surface area contributed by atoms with Crippen molar-refractivity contribution in [3.8, 4) is 0 Å².